The lowest BCUT2D eigenvalue weighted by molar-refractivity contribution is 0.0934. The number of aryl methyl sites for hydroxylation is 2. The van der Waals surface area contributed by atoms with Crippen LogP contribution >= 0.6 is 11.6 Å². The maximum atomic E-state index is 12.4. The minimum absolute atomic E-state index is 0.145. The van der Waals surface area contributed by atoms with E-state index in [1.165, 1.54) is 0 Å². The molecule has 1 amide bonds. The first-order valence-electron chi connectivity index (χ1n) is 7.56. The second kappa shape index (κ2) is 6.49. The fraction of sp³-hybridized carbons (Fsp3) is 0.235. The molecule has 1 atom stereocenters. The zero-order chi connectivity index (χ0) is 17.3. The predicted octanol–water partition coefficient (Wildman–Crippen LogP) is 3.26. The van der Waals surface area contributed by atoms with E-state index in [0.717, 1.165) is 16.8 Å². The lowest BCUT2D eigenvalue weighted by Crippen LogP contribution is -2.27. The van der Waals surface area contributed by atoms with Crippen molar-refractivity contribution in [1.82, 2.24) is 25.3 Å². The van der Waals surface area contributed by atoms with E-state index >= 15 is 0 Å². The number of aromatic amines is 1. The van der Waals surface area contributed by atoms with Gasteiger partial charge in [0.15, 0.2) is 0 Å². The normalized spacial score (nSPS) is 12.2. The first-order valence-corrected chi connectivity index (χ1v) is 7.94. The smallest absolute Gasteiger partial charge is 0.269 e. The molecule has 2 N–H and O–H groups in total. The second-order valence-corrected chi connectivity index (χ2v) is 6.15. The number of amides is 1. The van der Waals surface area contributed by atoms with Gasteiger partial charge < -0.3 is 5.32 Å². The van der Waals surface area contributed by atoms with Gasteiger partial charge in [-0.25, -0.2) is 0 Å². The largest absolute Gasteiger partial charge is 0.344 e. The van der Waals surface area contributed by atoms with E-state index in [-0.39, 0.29) is 11.9 Å². The van der Waals surface area contributed by atoms with Gasteiger partial charge in [0.05, 0.1) is 17.4 Å². The summed E-state index contributed by atoms with van der Waals surface area (Å²) in [6, 6.07) is 8.88. The lowest BCUT2D eigenvalue weighted by atomic mass is 10.1. The molecule has 124 valence electrons. The zero-order valence-corrected chi connectivity index (χ0v) is 14.4. The van der Waals surface area contributed by atoms with E-state index in [0.29, 0.717) is 16.4 Å². The average Bonchev–Trinajstić information content (AvgIpc) is 3.14. The molecule has 1 unspecified atom stereocenters. The van der Waals surface area contributed by atoms with Crippen LogP contribution in [0.15, 0.2) is 36.5 Å². The van der Waals surface area contributed by atoms with E-state index in [2.05, 4.69) is 20.6 Å². The second-order valence-electron chi connectivity index (χ2n) is 5.71. The van der Waals surface area contributed by atoms with Gasteiger partial charge in [0, 0.05) is 29.4 Å². The predicted molar refractivity (Wildman–Crippen MR) is 92.9 cm³/mol. The Bertz CT molecular complexity index is 865. The maximum absolute atomic E-state index is 12.4. The molecule has 24 heavy (non-hydrogen) atoms. The Morgan fingerprint density at radius 1 is 1.33 bits per heavy atom. The van der Waals surface area contributed by atoms with Crippen LogP contribution in [-0.4, -0.2) is 25.9 Å². The molecule has 3 aromatic rings. The summed E-state index contributed by atoms with van der Waals surface area (Å²) in [4.78, 5) is 12.4. The number of nitrogens with zero attached hydrogens (tertiary/aromatic N) is 3. The summed E-state index contributed by atoms with van der Waals surface area (Å²) in [5.41, 5.74) is 3.89. The highest BCUT2D eigenvalue weighted by Gasteiger charge is 2.17. The molecule has 6 nitrogen and oxygen atoms in total. The maximum Gasteiger partial charge on any atom is 0.269 e. The van der Waals surface area contributed by atoms with Crippen molar-refractivity contribution < 1.29 is 4.79 Å². The van der Waals surface area contributed by atoms with E-state index in [9.17, 15) is 4.79 Å². The number of carbonyl (C=O) groups excluding carboxylic acids is 1. The molecule has 0 aliphatic heterocycles. The molecule has 0 spiro atoms. The van der Waals surface area contributed by atoms with Crippen molar-refractivity contribution in [3.8, 4) is 11.3 Å². The molecule has 7 heteroatoms. The number of aromatic nitrogens is 4. The number of halogens is 1. The lowest BCUT2D eigenvalue weighted by Gasteiger charge is -2.12. The summed E-state index contributed by atoms with van der Waals surface area (Å²) in [5, 5.41) is 14.9. The molecule has 3 rings (SSSR count). The Balaban J connectivity index is 1.74. The SMILES string of the molecule is Cc1nn(C)cc1C(C)NC(=O)c1cc(-c2ccc(Cl)cc2)n[nH]1. The molecule has 2 aromatic heterocycles. The molecule has 0 saturated heterocycles. The van der Waals surface area contributed by atoms with Crippen LogP contribution in [0.3, 0.4) is 0 Å². The third-order valence-electron chi connectivity index (χ3n) is 3.83. The molecular weight excluding hydrogens is 326 g/mol. The van der Waals surface area contributed by atoms with Gasteiger partial charge in [-0.1, -0.05) is 23.7 Å². The number of carbonyl (C=O) groups is 1. The third-order valence-corrected chi connectivity index (χ3v) is 4.08. The summed E-state index contributed by atoms with van der Waals surface area (Å²) in [6.45, 7) is 3.85. The van der Waals surface area contributed by atoms with Crippen molar-refractivity contribution in [1.29, 1.82) is 0 Å². The first-order chi connectivity index (χ1) is 11.4. The fourth-order valence-electron chi connectivity index (χ4n) is 2.60. The topological polar surface area (TPSA) is 75.6 Å². The van der Waals surface area contributed by atoms with E-state index < -0.39 is 0 Å². The number of hydrogen-bond acceptors (Lipinski definition) is 3. The van der Waals surface area contributed by atoms with Crippen molar-refractivity contribution in [2.24, 2.45) is 7.05 Å². The van der Waals surface area contributed by atoms with E-state index in [1.54, 1.807) is 22.9 Å². The first kappa shape index (κ1) is 16.3. The van der Waals surface area contributed by atoms with Crippen LogP contribution in [0.2, 0.25) is 5.02 Å². The molecule has 1 aromatic carbocycles. The highest BCUT2D eigenvalue weighted by atomic mass is 35.5. The quantitative estimate of drug-likeness (QED) is 0.763. The van der Waals surface area contributed by atoms with Gasteiger partial charge in [0.25, 0.3) is 5.91 Å². The van der Waals surface area contributed by atoms with Gasteiger partial charge in [-0.15, -0.1) is 0 Å². The molecule has 0 bridgehead atoms. The van der Waals surface area contributed by atoms with Gasteiger partial charge in [-0.2, -0.15) is 10.2 Å². The highest BCUT2D eigenvalue weighted by molar-refractivity contribution is 6.30. The number of nitrogens with one attached hydrogen (secondary N) is 2. The summed E-state index contributed by atoms with van der Waals surface area (Å²) in [6.07, 6.45) is 1.91. The van der Waals surface area contributed by atoms with Crippen LogP contribution in [0.25, 0.3) is 11.3 Å². The molecule has 0 aliphatic rings. The summed E-state index contributed by atoms with van der Waals surface area (Å²) in [5.74, 6) is -0.210. The van der Waals surface area contributed by atoms with Crippen LogP contribution in [0.4, 0.5) is 0 Å². The fourth-order valence-corrected chi connectivity index (χ4v) is 2.73. The van der Waals surface area contributed by atoms with E-state index in [1.807, 2.05) is 39.2 Å². The van der Waals surface area contributed by atoms with Crippen molar-refractivity contribution in [3.63, 3.8) is 0 Å². The van der Waals surface area contributed by atoms with E-state index in [4.69, 9.17) is 11.6 Å². The monoisotopic (exact) mass is 343 g/mol. The molecule has 0 aliphatic carbocycles. The van der Waals surface area contributed by atoms with Crippen molar-refractivity contribution in [2.45, 2.75) is 19.9 Å². The van der Waals surface area contributed by atoms with Gasteiger partial charge in [-0.3, -0.25) is 14.6 Å². The van der Waals surface area contributed by atoms with Gasteiger partial charge >= 0.3 is 0 Å². The standard InChI is InChI=1S/C17H18ClN5O/c1-10(14-9-23(3)22-11(14)2)19-17(24)16-8-15(20-21-16)12-4-6-13(18)7-5-12/h4-10H,1-3H3,(H,19,24)(H,20,21). The van der Waals surface area contributed by atoms with Crippen LogP contribution in [0.1, 0.15) is 34.7 Å². The Kier molecular flexibility index (Phi) is 4.40. The van der Waals surface area contributed by atoms with Crippen LogP contribution in [0, 0.1) is 6.92 Å². The van der Waals surface area contributed by atoms with Crippen LogP contribution < -0.4 is 5.32 Å². The van der Waals surface area contributed by atoms with Gasteiger partial charge in [0.2, 0.25) is 0 Å². The van der Waals surface area contributed by atoms with Crippen molar-refractivity contribution in [3.05, 3.63) is 58.5 Å². The Labute approximate surface area is 144 Å². The summed E-state index contributed by atoms with van der Waals surface area (Å²) >= 11 is 5.89. The number of H-pyrrole nitrogens is 1. The van der Waals surface area contributed by atoms with Gasteiger partial charge in [0.1, 0.15) is 5.69 Å². The molecule has 0 fully saturated rings. The van der Waals surface area contributed by atoms with Crippen LogP contribution in [0.5, 0.6) is 0 Å². The van der Waals surface area contributed by atoms with Gasteiger partial charge in [-0.05, 0) is 32.0 Å². The van der Waals surface area contributed by atoms with Crippen molar-refractivity contribution in [2.75, 3.05) is 0 Å². The van der Waals surface area contributed by atoms with Crippen LogP contribution in [-0.2, 0) is 7.05 Å². The molecule has 0 radical (unpaired) electrons. The highest BCUT2D eigenvalue weighted by Crippen LogP contribution is 2.21. The minimum atomic E-state index is -0.210. The third kappa shape index (κ3) is 3.33. The summed E-state index contributed by atoms with van der Waals surface area (Å²) < 4.78 is 1.74. The molecule has 2 heterocycles. The van der Waals surface area contributed by atoms with Crippen molar-refractivity contribution >= 4 is 17.5 Å². The number of benzene rings is 1. The Morgan fingerprint density at radius 3 is 2.67 bits per heavy atom. The Morgan fingerprint density at radius 2 is 2.04 bits per heavy atom. The minimum Gasteiger partial charge on any atom is -0.344 e. The molecular formula is C17H18ClN5O. The summed E-state index contributed by atoms with van der Waals surface area (Å²) in [7, 11) is 1.86. The molecule has 0 saturated carbocycles. The number of hydrogen-bond donors (Lipinski definition) is 2. The zero-order valence-electron chi connectivity index (χ0n) is 13.7. The number of rotatable bonds is 4. The Hall–Kier alpha value is -2.60. The average molecular weight is 344 g/mol.